The van der Waals surface area contributed by atoms with Crippen molar-refractivity contribution in [3.8, 4) is 0 Å². The lowest BCUT2D eigenvalue weighted by molar-refractivity contribution is 0.313. The van der Waals surface area contributed by atoms with E-state index in [1.807, 2.05) is 0 Å². The van der Waals surface area contributed by atoms with Crippen LogP contribution < -0.4 is 10.5 Å². The highest BCUT2D eigenvalue weighted by molar-refractivity contribution is 9.10. The van der Waals surface area contributed by atoms with E-state index in [4.69, 9.17) is 5.73 Å². The molecule has 0 aliphatic heterocycles. The van der Waals surface area contributed by atoms with Crippen molar-refractivity contribution in [3.05, 3.63) is 16.7 Å². The zero-order valence-electron chi connectivity index (χ0n) is 11.0. The average Bonchev–Trinajstić information content (AvgIpc) is 2.61. The third kappa shape index (κ3) is 3.09. The third-order valence-corrected chi connectivity index (χ3v) is 5.63. The van der Waals surface area contributed by atoms with E-state index in [2.05, 4.69) is 39.5 Å². The molecule has 5 nitrogen and oxygen atoms in total. The number of nitrogen functional groups attached to an aromatic ring is 1. The molecule has 1 fully saturated rings. The minimum absolute atomic E-state index is 0.0199. The van der Waals surface area contributed by atoms with Crippen molar-refractivity contribution in [3.63, 3.8) is 0 Å². The molecule has 1 aliphatic carbocycles. The van der Waals surface area contributed by atoms with Gasteiger partial charge in [0, 0.05) is 16.7 Å². The summed E-state index contributed by atoms with van der Waals surface area (Å²) in [4.78, 5) is 3.90. The molecule has 0 amide bonds. The maximum Gasteiger partial charge on any atom is 0.244 e. The predicted octanol–water partition coefficient (Wildman–Crippen LogP) is 2.28. The molecule has 7 heteroatoms. The van der Waals surface area contributed by atoms with Crippen LogP contribution in [0.3, 0.4) is 0 Å². The van der Waals surface area contributed by atoms with Gasteiger partial charge in [0.15, 0.2) is 0 Å². The molecular weight excluding hydrogens is 330 g/mol. The van der Waals surface area contributed by atoms with Gasteiger partial charge >= 0.3 is 0 Å². The van der Waals surface area contributed by atoms with Gasteiger partial charge in [-0.2, -0.15) is 0 Å². The van der Waals surface area contributed by atoms with E-state index in [0.29, 0.717) is 4.47 Å². The Hall–Kier alpha value is -0.660. The Labute approximate surface area is 122 Å². The largest absolute Gasteiger partial charge is 0.383 e. The van der Waals surface area contributed by atoms with Crippen LogP contribution in [0.4, 0.5) is 5.82 Å². The molecule has 1 unspecified atom stereocenters. The Bertz CT molecular complexity index is 587. The summed E-state index contributed by atoms with van der Waals surface area (Å²) in [7, 11) is -3.64. The second-order valence-electron chi connectivity index (χ2n) is 5.59. The lowest BCUT2D eigenvalue weighted by Gasteiger charge is -2.27. The topological polar surface area (TPSA) is 85.1 Å². The van der Waals surface area contributed by atoms with Crippen molar-refractivity contribution in [2.24, 2.45) is 5.41 Å². The van der Waals surface area contributed by atoms with Gasteiger partial charge < -0.3 is 5.73 Å². The molecule has 1 atom stereocenters. The molecule has 0 aromatic carbocycles. The summed E-state index contributed by atoms with van der Waals surface area (Å²) in [5.74, 6) is 0.0199. The molecule has 1 aromatic heterocycles. The average molecular weight is 348 g/mol. The Morgan fingerprint density at radius 1 is 1.53 bits per heavy atom. The summed E-state index contributed by atoms with van der Waals surface area (Å²) < 4.78 is 28.1. The fourth-order valence-electron chi connectivity index (χ4n) is 2.44. The van der Waals surface area contributed by atoms with E-state index in [-0.39, 0.29) is 22.2 Å². The van der Waals surface area contributed by atoms with E-state index < -0.39 is 10.0 Å². The van der Waals surface area contributed by atoms with Crippen molar-refractivity contribution in [1.29, 1.82) is 0 Å². The van der Waals surface area contributed by atoms with Crippen molar-refractivity contribution in [1.82, 2.24) is 9.71 Å². The van der Waals surface area contributed by atoms with Gasteiger partial charge in [-0.05, 0) is 40.3 Å². The minimum Gasteiger partial charge on any atom is -0.383 e. The van der Waals surface area contributed by atoms with Crippen LogP contribution in [0.2, 0.25) is 0 Å². The fourth-order valence-corrected chi connectivity index (χ4v) is 4.47. The number of hydrogen-bond acceptors (Lipinski definition) is 4. The van der Waals surface area contributed by atoms with Crippen LogP contribution in [-0.4, -0.2) is 19.4 Å². The highest BCUT2D eigenvalue weighted by atomic mass is 79.9. The summed E-state index contributed by atoms with van der Waals surface area (Å²) in [6.07, 6.45) is 4.39. The Balaban J connectivity index is 2.31. The van der Waals surface area contributed by atoms with Gasteiger partial charge in [0.2, 0.25) is 10.0 Å². The van der Waals surface area contributed by atoms with Gasteiger partial charge in [-0.3, -0.25) is 0 Å². The number of rotatable bonds is 3. The number of aromatic nitrogens is 1. The lowest BCUT2D eigenvalue weighted by atomic mass is 9.88. The first-order valence-corrected chi connectivity index (χ1v) is 8.43. The highest BCUT2D eigenvalue weighted by Crippen LogP contribution is 2.38. The van der Waals surface area contributed by atoms with Gasteiger partial charge in [-0.25, -0.2) is 18.1 Å². The zero-order valence-corrected chi connectivity index (χ0v) is 13.4. The van der Waals surface area contributed by atoms with Crippen LogP contribution in [0.1, 0.15) is 33.1 Å². The van der Waals surface area contributed by atoms with Gasteiger partial charge in [-0.15, -0.1) is 0 Å². The van der Waals surface area contributed by atoms with Gasteiger partial charge in [0.1, 0.15) is 10.7 Å². The van der Waals surface area contributed by atoms with Crippen molar-refractivity contribution < 1.29 is 8.42 Å². The number of hydrogen-bond donors (Lipinski definition) is 2. The molecule has 0 spiro atoms. The normalized spacial score (nSPS) is 22.6. The summed E-state index contributed by atoms with van der Waals surface area (Å²) in [5, 5.41) is 0. The first kappa shape index (κ1) is 14.7. The van der Waals surface area contributed by atoms with Crippen LogP contribution in [0.25, 0.3) is 0 Å². The van der Waals surface area contributed by atoms with Crippen molar-refractivity contribution in [2.75, 3.05) is 5.73 Å². The molecule has 1 heterocycles. The monoisotopic (exact) mass is 347 g/mol. The molecule has 106 valence electrons. The second-order valence-corrected chi connectivity index (χ2v) is 8.19. The first-order valence-electron chi connectivity index (χ1n) is 6.16. The molecule has 1 aromatic rings. The number of nitrogens with one attached hydrogen (secondary N) is 1. The first-order chi connectivity index (χ1) is 8.72. The molecule has 2 rings (SSSR count). The standard InChI is InChI=1S/C12H18BrN3O2S/c1-12(2)5-3-4-10(12)16-19(17,18)9-6-8(13)7-15-11(9)14/h6-7,10,16H,3-5H2,1-2H3,(H2,14,15). The SMILES string of the molecule is CC1(C)CCCC1NS(=O)(=O)c1cc(Br)cnc1N. The summed E-state index contributed by atoms with van der Waals surface area (Å²) >= 11 is 3.21. The number of sulfonamides is 1. The molecule has 0 bridgehead atoms. The van der Waals surface area contributed by atoms with Gasteiger partial charge in [-0.1, -0.05) is 20.3 Å². The molecular formula is C12H18BrN3O2S. The van der Waals surface area contributed by atoms with Gasteiger partial charge in [0.05, 0.1) is 0 Å². The molecule has 0 saturated heterocycles. The fraction of sp³-hybridized carbons (Fsp3) is 0.583. The van der Waals surface area contributed by atoms with Gasteiger partial charge in [0.25, 0.3) is 0 Å². The number of pyridine rings is 1. The van der Waals surface area contributed by atoms with Crippen LogP contribution in [0.5, 0.6) is 0 Å². The Morgan fingerprint density at radius 2 is 2.21 bits per heavy atom. The van der Waals surface area contributed by atoms with Crippen molar-refractivity contribution in [2.45, 2.75) is 44.0 Å². The highest BCUT2D eigenvalue weighted by Gasteiger charge is 2.37. The number of nitrogens with zero attached hydrogens (tertiary/aromatic N) is 1. The number of halogens is 1. The van der Waals surface area contributed by atoms with Crippen LogP contribution in [0.15, 0.2) is 21.6 Å². The minimum atomic E-state index is -3.64. The molecule has 1 aliphatic rings. The summed E-state index contributed by atoms with van der Waals surface area (Å²) in [6.45, 7) is 4.16. The van der Waals surface area contributed by atoms with Crippen molar-refractivity contribution >= 4 is 31.8 Å². The maximum absolute atomic E-state index is 12.4. The lowest BCUT2D eigenvalue weighted by Crippen LogP contribution is -2.41. The predicted molar refractivity (Wildman–Crippen MR) is 78.1 cm³/mol. The Kier molecular flexibility index (Phi) is 3.90. The molecule has 3 N–H and O–H groups in total. The second kappa shape index (κ2) is 5.03. The van der Waals surface area contributed by atoms with E-state index in [1.54, 1.807) is 0 Å². The molecule has 0 radical (unpaired) electrons. The van der Waals surface area contributed by atoms with E-state index in [0.717, 1.165) is 19.3 Å². The summed E-state index contributed by atoms with van der Waals surface area (Å²) in [5.41, 5.74) is 5.64. The maximum atomic E-state index is 12.4. The summed E-state index contributed by atoms with van der Waals surface area (Å²) in [6, 6.07) is 1.42. The van der Waals surface area contributed by atoms with E-state index in [1.165, 1.54) is 12.3 Å². The van der Waals surface area contributed by atoms with Crippen LogP contribution in [-0.2, 0) is 10.0 Å². The van der Waals surface area contributed by atoms with E-state index >= 15 is 0 Å². The zero-order chi connectivity index (χ0) is 14.3. The Morgan fingerprint density at radius 3 is 2.79 bits per heavy atom. The number of anilines is 1. The van der Waals surface area contributed by atoms with Crippen LogP contribution in [0, 0.1) is 5.41 Å². The van der Waals surface area contributed by atoms with Crippen LogP contribution >= 0.6 is 15.9 Å². The number of nitrogens with two attached hydrogens (primary N) is 1. The van der Waals surface area contributed by atoms with E-state index in [9.17, 15) is 8.42 Å². The molecule has 19 heavy (non-hydrogen) atoms. The third-order valence-electron chi connectivity index (χ3n) is 3.69. The smallest absolute Gasteiger partial charge is 0.244 e. The molecule has 1 saturated carbocycles. The quantitative estimate of drug-likeness (QED) is 0.878.